The summed E-state index contributed by atoms with van der Waals surface area (Å²) in [4.78, 5) is 10.1. The number of unbranched alkanes of at least 4 members (excludes halogenated alkanes) is 4. The molecule has 1 atom stereocenters. The molecule has 0 rings (SSSR count). The highest BCUT2D eigenvalue weighted by Crippen LogP contribution is 2.01. The third-order valence-electron chi connectivity index (χ3n) is 3.03. The number of hydrogen-bond donors (Lipinski definition) is 0. The van der Waals surface area contributed by atoms with Crippen molar-refractivity contribution in [3.05, 3.63) is 12.2 Å². The van der Waals surface area contributed by atoms with E-state index in [2.05, 4.69) is 20.4 Å². The molecule has 0 saturated carbocycles. The van der Waals surface area contributed by atoms with Crippen LogP contribution < -0.4 is 0 Å². The Labute approximate surface area is 138 Å². The maximum atomic E-state index is 10.1. The lowest BCUT2D eigenvalue weighted by Crippen LogP contribution is -2.07. The fourth-order valence-electron chi connectivity index (χ4n) is 1.67. The molecule has 0 radical (unpaired) electrons. The Morgan fingerprint density at radius 1 is 1.05 bits per heavy atom. The van der Waals surface area contributed by atoms with Crippen LogP contribution in [0, 0.1) is 5.92 Å². The Balaban J connectivity index is 0. The third-order valence-corrected chi connectivity index (χ3v) is 3.03. The first-order chi connectivity index (χ1) is 10.6. The van der Waals surface area contributed by atoms with Crippen LogP contribution >= 0.6 is 0 Å². The predicted octanol–water partition coefficient (Wildman–Crippen LogP) is 5.19. The Morgan fingerprint density at radius 2 is 1.59 bits per heavy atom. The van der Waals surface area contributed by atoms with Crippen molar-refractivity contribution in [2.75, 3.05) is 26.4 Å². The summed E-state index contributed by atoms with van der Waals surface area (Å²) in [5, 5.41) is 0. The van der Waals surface area contributed by atoms with Crippen molar-refractivity contribution in [3.8, 4) is 0 Å². The van der Waals surface area contributed by atoms with E-state index in [0.29, 0.717) is 12.3 Å². The van der Waals surface area contributed by atoms with Crippen molar-refractivity contribution in [3.63, 3.8) is 0 Å². The summed E-state index contributed by atoms with van der Waals surface area (Å²) < 4.78 is 10.7. The highest BCUT2D eigenvalue weighted by molar-refractivity contribution is 5.49. The molecule has 132 valence electrons. The van der Waals surface area contributed by atoms with E-state index in [1.165, 1.54) is 32.1 Å². The van der Waals surface area contributed by atoms with Crippen molar-refractivity contribution in [1.29, 1.82) is 0 Å². The molecule has 3 nitrogen and oxygen atoms in total. The van der Waals surface area contributed by atoms with Crippen LogP contribution in [-0.2, 0) is 14.3 Å². The zero-order chi connectivity index (χ0) is 17.1. The van der Waals surface area contributed by atoms with Crippen LogP contribution in [0.15, 0.2) is 12.2 Å². The number of carbonyl (C=O) groups is 1. The van der Waals surface area contributed by atoms with Crippen molar-refractivity contribution < 1.29 is 14.3 Å². The normalized spacial score (nSPS) is 11.5. The van der Waals surface area contributed by atoms with Gasteiger partial charge in [0, 0.05) is 26.2 Å². The van der Waals surface area contributed by atoms with Gasteiger partial charge in [-0.15, -0.1) is 0 Å². The summed E-state index contributed by atoms with van der Waals surface area (Å²) in [6, 6.07) is 0. The van der Waals surface area contributed by atoms with Gasteiger partial charge in [0.15, 0.2) is 0 Å². The van der Waals surface area contributed by atoms with Gasteiger partial charge in [0.1, 0.15) is 6.29 Å². The van der Waals surface area contributed by atoms with Crippen LogP contribution in [0.2, 0.25) is 0 Å². The van der Waals surface area contributed by atoms with Gasteiger partial charge in [-0.3, -0.25) is 0 Å². The molecule has 0 spiro atoms. The second-order valence-corrected chi connectivity index (χ2v) is 6.01. The molecule has 1 unspecified atom stereocenters. The van der Waals surface area contributed by atoms with Crippen LogP contribution in [0.5, 0.6) is 0 Å². The van der Waals surface area contributed by atoms with Crippen molar-refractivity contribution in [1.82, 2.24) is 0 Å². The highest BCUT2D eigenvalue weighted by atomic mass is 16.5. The number of ether oxygens (including phenoxy) is 2. The zero-order valence-electron chi connectivity index (χ0n) is 15.4. The van der Waals surface area contributed by atoms with Gasteiger partial charge < -0.3 is 14.3 Å². The van der Waals surface area contributed by atoms with Crippen LogP contribution in [0.1, 0.15) is 72.6 Å². The molecule has 0 N–H and O–H groups in total. The van der Waals surface area contributed by atoms with Gasteiger partial charge in [-0.1, -0.05) is 58.6 Å². The van der Waals surface area contributed by atoms with E-state index in [0.717, 1.165) is 44.7 Å². The van der Waals surface area contributed by atoms with E-state index in [9.17, 15) is 4.79 Å². The lowest BCUT2D eigenvalue weighted by Gasteiger charge is -2.07. The predicted molar refractivity (Wildman–Crippen MR) is 95.3 cm³/mol. The van der Waals surface area contributed by atoms with E-state index < -0.39 is 0 Å². The van der Waals surface area contributed by atoms with Crippen molar-refractivity contribution in [2.45, 2.75) is 72.6 Å². The average Bonchev–Trinajstić information content (AvgIpc) is 2.47. The summed E-state index contributed by atoms with van der Waals surface area (Å²) in [6.07, 6.45) is 8.91. The molecule has 0 bridgehead atoms. The highest BCUT2D eigenvalue weighted by Gasteiger charge is 1.99. The molecule has 0 aromatic heterocycles. The van der Waals surface area contributed by atoms with Crippen molar-refractivity contribution in [2.24, 2.45) is 5.92 Å². The molecular weight excluding hydrogens is 276 g/mol. The maximum absolute atomic E-state index is 10.1. The summed E-state index contributed by atoms with van der Waals surface area (Å²) in [5.41, 5.74) is 1.11. The quantitative estimate of drug-likeness (QED) is 0.251. The largest absolute Gasteiger partial charge is 0.381 e. The minimum Gasteiger partial charge on any atom is -0.381 e. The van der Waals surface area contributed by atoms with Gasteiger partial charge >= 0.3 is 0 Å². The summed E-state index contributed by atoms with van der Waals surface area (Å²) in [6.45, 7) is 15.3. The summed E-state index contributed by atoms with van der Waals surface area (Å²) >= 11 is 0. The first kappa shape index (κ1) is 23.6. The fraction of sp³-hybridized carbons (Fsp3) is 0.842. The van der Waals surface area contributed by atoms with Crippen molar-refractivity contribution >= 4 is 6.29 Å². The Hall–Kier alpha value is -0.670. The molecule has 3 heteroatoms. The summed E-state index contributed by atoms with van der Waals surface area (Å²) in [5.74, 6) is 0.379. The van der Waals surface area contributed by atoms with Gasteiger partial charge in [0.2, 0.25) is 0 Å². The smallest absolute Gasteiger partial charge is 0.120 e. The lowest BCUT2D eigenvalue weighted by atomic mass is 10.1. The maximum Gasteiger partial charge on any atom is 0.120 e. The van der Waals surface area contributed by atoms with Crippen LogP contribution in [0.25, 0.3) is 0 Å². The minimum absolute atomic E-state index is 0.379. The summed E-state index contributed by atoms with van der Waals surface area (Å²) in [7, 11) is 0. The molecule has 0 saturated heterocycles. The number of rotatable bonds is 14. The monoisotopic (exact) mass is 314 g/mol. The van der Waals surface area contributed by atoms with E-state index >= 15 is 0 Å². The Bertz CT molecular complexity index is 239. The van der Waals surface area contributed by atoms with E-state index in [4.69, 9.17) is 9.47 Å². The molecule has 0 heterocycles. The van der Waals surface area contributed by atoms with Gasteiger partial charge in [-0.2, -0.15) is 0 Å². The fourth-order valence-corrected chi connectivity index (χ4v) is 1.67. The number of aldehydes is 1. The molecule has 0 aliphatic carbocycles. The average molecular weight is 315 g/mol. The standard InChI is InChI=1S/C10H20O2.C9H18O/c1-3-4-5-8-12-9-10(2)6-7-11;1-4-5-6-7-10-8-9(2)3/h7,10H,3-6,8-9H2,1-2H3;2,4-8H2,1,3H3. The van der Waals surface area contributed by atoms with Crippen LogP contribution in [0.3, 0.4) is 0 Å². The Morgan fingerprint density at radius 3 is 2.05 bits per heavy atom. The van der Waals surface area contributed by atoms with Crippen LogP contribution in [-0.4, -0.2) is 32.7 Å². The molecule has 22 heavy (non-hydrogen) atoms. The first-order valence-electron chi connectivity index (χ1n) is 8.81. The molecule has 0 aliphatic rings. The van der Waals surface area contributed by atoms with E-state index in [1.807, 2.05) is 13.8 Å². The second kappa shape index (κ2) is 20.3. The number of carbonyl (C=O) groups excluding carboxylic acids is 1. The molecule has 0 fully saturated rings. The molecule has 0 aromatic carbocycles. The lowest BCUT2D eigenvalue weighted by molar-refractivity contribution is -0.108. The van der Waals surface area contributed by atoms with Gasteiger partial charge in [0.25, 0.3) is 0 Å². The van der Waals surface area contributed by atoms with E-state index in [-0.39, 0.29) is 0 Å². The van der Waals surface area contributed by atoms with Gasteiger partial charge in [-0.05, 0) is 25.7 Å². The SMILES string of the molecule is C=C(C)COCCCCC.CCCCCOCC(C)CC=O. The third kappa shape index (κ3) is 24.4. The second-order valence-electron chi connectivity index (χ2n) is 6.01. The first-order valence-corrected chi connectivity index (χ1v) is 8.81. The molecule has 0 amide bonds. The molecule has 0 aromatic rings. The topological polar surface area (TPSA) is 35.5 Å². The van der Waals surface area contributed by atoms with Gasteiger partial charge in [-0.25, -0.2) is 0 Å². The van der Waals surface area contributed by atoms with E-state index in [1.54, 1.807) is 0 Å². The zero-order valence-corrected chi connectivity index (χ0v) is 15.4. The molecule has 0 aliphatic heterocycles. The molecular formula is C19H38O3. The number of hydrogen-bond acceptors (Lipinski definition) is 3. The van der Waals surface area contributed by atoms with Gasteiger partial charge in [0.05, 0.1) is 6.61 Å². The van der Waals surface area contributed by atoms with Crippen LogP contribution in [0.4, 0.5) is 0 Å². The Kier molecular flexibility index (Phi) is 21.8. The minimum atomic E-state index is 0.379.